The Morgan fingerprint density at radius 2 is 1.76 bits per heavy atom. The smallest absolute Gasteiger partial charge is 0.229 e. The number of amides is 2. The molecule has 1 aliphatic heterocycles. The van der Waals surface area contributed by atoms with Gasteiger partial charge in [-0.15, -0.1) is 0 Å². The molecule has 1 fully saturated rings. The van der Waals surface area contributed by atoms with E-state index in [0.717, 1.165) is 17.1 Å². The quantitative estimate of drug-likeness (QED) is 0.386. The molecule has 10 heteroatoms. The third kappa shape index (κ3) is 5.46. The first-order valence-corrected chi connectivity index (χ1v) is 12.2. The van der Waals surface area contributed by atoms with E-state index < -0.39 is 5.92 Å². The molecule has 0 aliphatic carbocycles. The Bertz CT molecular complexity index is 1470. The molecule has 2 amide bonds. The zero-order valence-corrected chi connectivity index (χ0v) is 21.4. The van der Waals surface area contributed by atoms with Gasteiger partial charge in [0, 0.05) is 41.1 Å². The number of hydrogen-bond acceptors (Lipinski definition) is 6. The van der Waals surface area contributed by atoms with Gasteiger partial charge in [-0.2, -0.15) is 10.1 Å². The SMILES string of the molecule is Cc1cc(C)n(-c2cc(Oc3ccc(NC(=O)C4CC(=O)N(c5ccc(Cl)cc5)C4)cc3)nc(C)n2)n1. The van der Waals surface area contributed by atoms with Crippen LogP contribution >= 0.6 is 11.6 Å². The van der Waals surface area contributed by atoms with E-state index in [-0.39, 0.29) is 18.2 Å². The van der Waals surface area contributed by atoms with E-state index in [1.54, 1.807) is 71.1 Å². The van der Waals surface area contributed by atoms with Gasteiger partial charge in [-0.05, 0) is 75.4 Å². The van der Waals surface area contributed by atoms with Crippen LogP contribution in [-0.2, 0) is 9.59 Å². The van der Waals surface area contributed by atoms with Crippen molar-refractivity contribution in [1.29, 1.82) is 0 Å². The second-order valence-electron chi connectivity index (χ2n) is 8.95. The highest BCUT2D eigenvalue weighted by molar-refractivity contribution is 6.30. The number of anilines is 2. The number of halogens is 1. The van der Waals surface area contributed by atoms with Crippen LogP contribution in [0.1, 0.15) is 23.6 Å². The Balaban J connectivity index is 1.23. The lowest BCUT2D eigenvalue weighted by Gasteiger charge is -2.17. The zero-order valence-electron chi connectivity index (χ0n) is 20.6. The van der Waals surface area contributed by atoms with Gasteiger partial charge < -0.3 is 15.0 Å². The van der Waals surface area contributed by atoms with Crippen molar-refractivity contribution in [2.45, 2.75) is 27.2 Å². The number of hydrogen-bond donors (Lipinski definition) is 1. The summed E-state index contributed by atoms with van der Waals surface area (Å²) in [5, 5.41) is 7.96. The van der Waals surface area contributed by atoms with Crippen LogP contribution in [0.4, 0.5) is 11.4 Å². The van der Waals surface area contributed by atoms with Crippen LogP contribution in [0.3, 0.4) is 0 Å². The number of nitrogens with zero attached hydrogens (tertiary/aromatic N) is 5. The molecule has 37 heavy (non-hydrogen) atoms. The molecule has 9 nitrogen and oxygen atoms in total. The number of aryl methyl sites for hydroxylation is 3. The minimum atomic E-state index is -0.448. The average Bonchev–Trinajstić information content (AvgIpc) is 3.41. The minimum absolute atomic E-state index is 0.0915. The maximum atomic E-state index is 12.8. The summed E-state index contributed by atoms with van der Waals surface area (Å²) in [7, 11) is 0. The van der Waals surface area contributed by atoms with Crippen LogP contribution in [0.15, 0.2) is 60.7 Å². The molecule has 188 valence electrons. The fourth-order valence-electron chi connectivity index (χ4n) is 4.27. The molecular weight excluding hydrogens is 492 g/mol. The number of rotatable bonds is 6. The van der Waals surface area contributed by atoms with Gasteiger partial charge in [-0.25, -0.2) is 9.67 Å². The van der Waals surface area contributed by atoms with Crippen molar-refractivity contribution < 1.29 is 14.3 Å². The Morgan fingerprint density at radius 3 is 2.43 bits per heavy atom. The highest BCUT2D eigenvalue weighted by atomic mass is 35.5. The van der Waals surface area contributed by atoms with Gasteiger partial charge in [0.05, 0.1) is 11.6 Å². The number of benzene rings is 2. The second-order valence-corrected chi connectivity index (χ2v) is 9.38. The van der Waals surface area contributed by atoms with Gasteiger partial charge >= 0.3 is 0 Å². The predicted molar refractivity (Wildman–Crippen MR) is 140 cm³/mol. The number of ether oxygens (including phenoxy) is 1. The number of carbonyl (C=O) groups excluding carboxylic acids is 2. The zero-order chi connectivity index (χ0) is 26.1. The summed E-state index contributed by atoms with van der Waals surface area (Å²) in [5.41, 5.74) is 3.19. The standard InChI is InChI=1S/C27H25ClN6O3/c1-16-12-17(2)34(32-16)24-14-25(30-18(3)29-24)37-23-10-6-21(7-11-23)31-27(36)19-13-26(35)33(15-19)22-8-4-20(28)5-9-22/h4-12,14,19H,13,15H2,1-3H3,(H,31,36). The van der Waals surface area contributed by atoms with E-state index in [0.29, 0.717) is 40.5 Å². The van der Waals surface area contributed by atoms with Crippen molar-refractivity contribution in [2.24, 2.45) is 5.92 Å². The van der Waals surface area contributed by atoms with Gasteiger partial charge in [0.2, 0.25) is 17.7 Å². The van der Waals surface area contributed by atoms with E-state index in [1.165, 1.54) is 0 Å². The van der Waals surface area contributed by atoms with Crippen LogP contribution in [0, 0.1) is 26.7 Å². The predicted octanol–water partition coefficient (Wildman–Crippen LogP) is 5.02. The van der Waals surface area contributed by atoms with Crippen molar-refractivity contribution >= 4 is 34.8 Å². The monoisotopic (exact) mass is 516 g/mol. The van der Waals surface area contributed by atoms with Gasteiger partial charge in [0.1, 0.15) is 11.6 Å². The van der Waals surface area contributed by atoms with Crippen LogP contribution in [-0.4, -0.2) is 38.1 Å². The maximum Gasteiger partial charge on any atom is 0.229 e. The Hall–Kier alpha value is -4.24. The molecule has 1 atom stereocenters. The van der Waals surface area contributed by atoms with Crippen molar-refractivity contribution in [3.05, 3.63) is 82.9 Å². The molecule has 3 heterocycles. The average molecular weight is 517 g/mol. The van der Waals surface area contributed by atoms with Crippen LogP contribution in [0.5, 0.6) is 11.6 Å². The summed E-state index contributed by atoms with van der Waals surface area (Å²) in [5.74, 6) is 1.37. The van der Waals surface area contributed by atoms with Crippen molar-refractivity contribution in [1.82, 2.24) is 19.7 Å². The fourth-order valence-corrected chi connectivity index (χ4v) is 4.40. The second kappa shape index (κ2) is 10.0. The molecule has 1 aliphatic rings. The molecule has 5 rings (SSSR count). The van der Waals surface area contributed by atoms with Gasteiger partial charge in [0.15, 0.2) is 5.82 Å². The molecule has 4 aromatic rings. The van der Waals surface area contributed by atoms with E-state index in [2.05, 4.69) is 20.4 Å². The first kappa shape index (κ1) is 24.5. The van der Waals surface area contributed by atoms with E-state index >= 15 is 0 Å². The molecule has 1 saturated heterocycles. The number of carbonyl (C=O) groups is 2. The van der Waals surface area contributed by atoms with Gasteiger partial charge in [0.25, 0.3) is 0 Å². The highest BCUT2D eigenvalue weighted by Gasteiger charge is 2.35. The van der Waals surface area contributed by atoms with Crippen molar-refractivity contribution in [2.75, 3.05) is 16.8 Å². The molecule has 0 saturated carbocycles. The summed E-state index contributed by atoms with van der Waals surface area (Å²) in [4.78, 5) is 35.8. The number of aromatic nitrogens is 4. The van der Waals surface area contributed by atoms with Gasteiger partial charge in [-0.1, -0.05) is 11.6 Å². The van der Waals surface area contributed by atoms with Crippen LogP contribution in [0.2, 0.25) is 5.02 Å². The maximum absolute atomic E-state index is 12.8. The molecule has 2 aromatic heterocycles. The Morgan fingerprint density at radius 1 is 1.03 bits per heavy atom. The molecule has 0 radical (unpaired) electrons. The molecule has 0 bridgehead atoms. The molecular formula is C27H25ClN6O3. The first-order valence-electron chi connectivity index (χ1n) is 11.8. The molecule has 2 aromatic carbocycles. The minimum Gasteiger partial charge on any atom is -0.439 e. The summed E-state index contributed by atoms with van der Waals surface area (Å²) in [6, 6.07) is 17.7. The summed E-state index contributed by atoms with van der Waals surface area (Å²) in [6.45, 7) is 6.00. The third-order valence-corrected chi connectivity index (χ3v) is 6.26. The van der Waals surface area contributed by atoms with Crippen LogP contribution < -0.4 is 15.0 Å². The highest BCUT2D eigenvalue weighted by Crippen LogP contribution is 2.28. The third-order valence-electron chi connectivity index (χ3n) is 6.01. The topological polar surface area (TPSA) is 102 Å². The van der Waals surface area contributed by atoms with Gasteiger partial charge in [-0.3, -0.25) is 9.59 Å². The Labute approximate surface area is 219 Å². The lowest BCUT2D eigenvalue weighted by atomic mass is 10.1. The van der Waals surface area contributed by atoms with Crippen molar-refractivity contribution in [3.63, 3.8) is 0 Å². The lowest BCUT2D eigenvalue weighted by molar-refractivity contribution is -0.122. The lowest BCUT2D eigenvalue weighted by Crippen LogP contribution is -2.28. The summed E-state index contributed by atoms with van der Waals surface area (Å²) < 4.78 is 7.69. The normalized spacial score (nSPS) is 15.2. The van der Waals surface area contributed by atoms with Crippen LogP contribution in [0.25, 0.3) is 5.82 Å². The van der Waals surface area contributed by atoms with E-state index in [1.807, 2.05) is 19.9 Å². The fraction of sp³-hybridized carbons (Fsp3) is 0.222. The summed E-state index contributed by atoms with van der Waals surface area (Å²) in [6.07, 6.45) is 0.153. The first-order chi connectivity index (χ1) is 17.7. The van der Waals surface area contributed by atoms with Crippen molar-refractivity contribution in [3.8, 4) is 17.4 Å². The molecule has 0 spiro atoms. The van der Waals surface area contributed by atoms with E-state index in [4.69, 9.17) is 16.3 Å². The largest absolute Gasteiger partial charge is 0.439 e. The Kier molecular flexibility index (Phi) is 6.62. The number of nitrogens with one attached hydrogen (secondary N) is 1. The molecule has 1 N–H and O–H groups in total. The molecule has 1 unspecified atom stereocenters. The van der Waals surface area contributed by atoms with E-state index in [9.17, 15) is 9.59 Å². The summed E-state index contributed by atoms with van der Waals surface area (Å²) >= 11 is 5.94.